The van der Waals surface area contributed by atoms with E-state index < -0.39 is 41.5 Å². The average Bonchev–Trinajstić information content (AvgIpc) is 3.07. The van der Waals surface area contributed by atoms with Gasteiger partial charge in [-0.2, -0.15) is 4.89 Å². The lowest BCUT2D eigenvalue weighted by molar-refractivity contribution is -0.280. The molecule has 176 valence electrons. The molecule has 1 aliphatic heterocycles. The van der Waals surface area contributed by atoms with Gasteiger partial charge in [0.15, 0.2) is 5.78 Å². The Morgan fingerprint density at radius 1 is 1.03 bits per heavy atom. The van der Waals surface area contributed by atoms with E-state index in [1.807, 2.05) is 13.8 Å². The molecule has 1 saturated heterocycles. The van der Waals surface area contributed by atoms with Crippen LogP contribution in [0.25, 0.3) is 0 Å². The molecule has 0 aromatic rings. The molecular weight excluding hydrogens is 414 g/mol. The minimum absolute atomic E-state index is 0.0180. The highest BCUT2D eigenvalue weighted by molar-refractivity contribution is 6.04. The van der Waals surface area contributed by atoms with Crippen molar-refractivity contribution < 1.29 is 48.0 Å². The van der Waals surface area contributed by atoms with Crippen LogP contribution >= 0.6 is 0 Å². The van der Waals surface area contributed by atoms with E-state index in [1.165, 1.54) is 6.92 Å². The number of ketones is 1. The number of carbonyl (C=O) groups excluding carboxylic acids is 4. The van der Waals surface area contributed by atoms with Crippen molar-refractivity contribution in [1.29, 1.82) is 0 Å². The van der Waals surface area contributed by atoms with E-state index in [9.17, 15) is 19.2 Å². The van der Waals surface area contributed by atoms with Crippen molar-refractivity contribution in [2.45, 2.75) is 33.6 Å². The summed E-state index contributed by atoms with van der Waals surface area (Å²) in [4.78, 5) is 62.2. The molecule has 0 aromatic carbocycles. The van der Waals surface area contributed by atoms with E-state index in [2.05, 4.69) is 6.58 Å². The van der Waals surface area contributed by atoms with Crippen molar-refractivity contribution in [1.82, 2.24) is 5.06 Å². The Morgan fingerprint density at radius 2 is 1.58 bits per heavy atom. The molecule has 31 heavy (non-hydrogen) atoms. The van der Waals surface area contributed by atoms with Crippen LogP contribution in [0.3, 0.4) is 0 Å². The lowest BCUT2D eigenvalue weighted by Crippen LogP contribution is -2.42. The van der Waals surface area contributed by atoms with E-state index in [0.29, 0.717) is 18.3 Å². The van der Waals surface area contributed by atoms with E-state index in [4.69, 9.17) is 28.8 Å². The Kier molecular flexibility index (Phi) is 11.9. The van der Waals surface area contributed by atoms with Gasteiger partial charge in [0.05, 0.1) is 25.2 Å². The van der Waals surface area contributed by atoms with Gasteiger partial charge in [0.2, 0.25) is 0 Å². The number of imide groups is 1. The molecule has 0 radical (unpaired) electrons. The van der Waals surface area contributed by atoms with Crippen LogP contribution in [-0.2, 0) is 48.0 Å². The van der Waals surface area contributed by atoms with Crippen molar-refractivity contribution in [3.8, 4) is 0 Å². The van der Waals surface area contributed by atoms with Crippen molar-refractivity contribution in [2.24, 2.45) is 11.3 Å². The number of hydroxylamine groups is 2. The fourth-order valence-electron chi connectivity index (χ4n) is 2.55. The summed E-state index contributed by atoms with van der Waals surface area (Å²) in [6, 6.07) is 0. The number of nitrogens with zero attached hydrogens (tertiary/aromatic N) is 1. The summed E-state index contributed by atoms with van der Waals surface area (Å²) in [7, 11) is 0. The fourth-order valence-corrected chi connectivity index (χ4v) is 2.55. The van der Waals surface area contributed by atoms with Gasteiger partial charge in [-0.25, -0.2) is 4.79 Å². The lowest BCUT2D eigenvalue weighted by atomic mass is 9.92. The maximum atomic E-state index is 12.3. The molecule has 1 fully saturated rings. The summed E-state index contributed by atoms with van der Waals surface area (Å²) in [6.07, 6.45) is 1.06. The SMILES string of the molecule is C=COOCC(COCC)(COCC)COCC(=O)C(C)C(=O)ON1C(=O)CCC1=O. The Bertz CT molecular complexity index is 611. The molecule has 0 aromatic heterocycles. The van der Waals surface area contributed by atoms with E-state index in [-0.39, 0.29) is 39.3 Å². The van der Waals surface area contributed by atoms with Crippen molar-refractivity contribution in [3.63, 3.8) is 0 Å². The van der Waals surface area contributed by atoms with Gasteiger partial charge in [-0.3, -0.25) is 14.4 Å². The summed E-state index contributed by atoms with van der Waals surface area (Å²) < 4.78 is 16.6. The van der Waals surface area contributed by atoms with Crippen molar-refractivity contribution in [2.75, 3.05) is 46.2 Å². The Balaban J connectivity index is 2.64. The van der Waals surface area contributed by atoms with Crippen LogP contribution in [0, 0.1) is 11.3 Å². The molecule has 2 amide bonds. The maximum Gasteiger partial charge on any atom is 0.343 e. The third-order valence-corrected chi connectivity index (χ3v) is 4.40. The molecule has 0 N–H and O–H groups in total. The van der Waals surface area contributed by atoms with Gasteiger partial charge >= 0.3 is 5.97 Å². The van der Waals surface area contributed by atoms with Crippen molar-refractivity contribution in [3.05, 3.63) is 12.8 Å². The van der Waals surface area contributed by atoms with Crippen molar-refractivity contribution >= 4 is 23.6 Å². The third-order valence-electron chi connectivity index (χ3n) is 4.40. The lowest BCUT2D eigenvalue weighted by Gasteiger charge is -2.31. The Morgan fingerprint density at radius 3 is 2.10 bits per heavy atom. The van der Waals surface area contributed by atoms with Crippen LogP contribution < -0.4 is 0 Å². The molecule has 0 aliphatic carbocycles. The second kappa shape index (κ2) is 13.9. The quantitative estimate of drug-likeness (QED) is 0.0798. The average molecular weight is 445 g/mol. The maximum absolute atomic E-state index is 12.3. The summed E-state index contributed by atoms with van der Waals surface area (Å²) in [6.45, 7) is 9.37. The second-order valence-electron chi connectivity index (χ2n) is 6.97. The molecule has 1 aliphatic rings. The van der Waals surface area contributed by atoms with E-state index in [0.717, 1.165) is 6.26 Å². The zero-order chi connectivity index (χ0) is 23.3. The topological polar surface area (TPSA) is 127 Å². The van der Waals surface area contributed by atoms with Gasteiger partial charge in [0.1, 0.15) is 25.4 Å². The van der Waals surface area contributed by atoms with Crippen LogP contribution in [-0.4, -0.2) is 74.9 Å². The highest BCUT2D eigenvalue weighted by Gasteiger charge is 2.36. The number of hydrogen-bond acceptors (Lipinski definition) is 10. The molecule has 11 heteroatoms. The highest BCUT2D eigenvalue weighted by atomic mass is 17.2. The molecule has 1 heterocycles. The largest absolute Gasteiger partial charge is 0.381 e. The smallest absolute Gasteiger partial charge is 0.343 e. The van der Waals surface area contributed by atoms with Crippen LogP contribution in [0.2, 0.25) is 0 Å². The molecule has 1 unspecified atom stereocenters. The number of rotatable bonds is 17. The molecule has 0 bridgehead atoms. The summed E-state index contributed by atoms with van der Waals surface area (Å²) in [5.41, 5.74) is -0.770. The van der Waals surface area contributed by atoms with Gasteiger partial charge in [-0.05, 0) is 20.8 Å². The highest BCUT2D eigenvalue weighted by Crippen LogP contribution is 2.21. The Labute approximate surface area is 181 Å². The molecule has 0 spiro atoms. The number of amides is 2. The summed E-state index contributed by atoms with van der Waals surface area (Å²) in [5, 5.41) is 0.402. The van der Waals surface area contributed by atoms with Crippen LogP contribution in [0.1, 0.15) is 33.6 Å². The normalized spacial score (nSPS) is 15.1. The van der Waals surface area contributed by atoms with E-state index >= 15 is 0 Å². The van der Waals surface area contributed by atoms with Gasteiger partial charge < -0.3 is 23.9 Å². The third kappa shape index (κ3) is 8.74. The number of hydrogen-bond donors (Lipinski definition) is 0. The minimum Gasteiger partial charge on any atom is -0.381 e. The number of Topliss-reactive ketones (excluding diaryl/α,β-unsaturated/α-hetero) is 1. The van der Waals surface area contributed by atoms with E-state index in [1.54, 1.807) is 0 Å². The first-order valence-corrected chi connectivity index (χ1v) is 10.0. The van der Waals surface area contributed by atoms with Gasteiger partial charge in [-0.1, -0.05) is 6.58 Å². The van der Waals surface area contributed by atoms with Crippen LogP contribution in [0.5, 0.6) is 0 Å². The fraction of sp³-hybridized carbons (Fsp3) is 0.700. The monoisotopic (exact) mass is 445 g/mol. The zero-order valence-electron chi connectivity index (χ0n) is 18.3. The van der Waals surface area contributed by atoms with Gasteiger partial charge in [-0.15, -0.1) is 5.06 Å². The molecule has 0 saturated carbocycles. The first kappa shape index (κ1) is 26.7. The standard InChI is InChI=1S/C20H31NO10/c1-5-26-11-20(12-27-6-2,14-30-29-7-3)13-28-10-16(22)15(4)19(25)31-21-17(23)8-9-18(21)24/h7,15H,3,5-6,8-14H2,1-2,4H3. The first-order chi connectivity index (χ1) is 14.8. The predicted molar refractivity (Wildman–Crippen MR) is 105 cm³/mol. The zero-order valence-corrected chi connectivity index (χ0v) is 18.3. The second-order valence-corrected chi connectivity index (χ2v) is 6.97. The minimum atomic E-state index is -1.23. The molecule has 1 rings (SSSR count). The van der Waals surface area contributed by atoms with Crippen LogP contribution in [0.4, 0.5) is 0 Å². The number of ether oxygens (including phenoxy) is 3. The number of carbonyl (C=O) groups is 4. The molecular formula is C20H31NO10. The Hall–Kier alpha value is -2.34. The summed E-state index contributed by atoms with van der Waals surface area (Å²) >= 11 is 0. The first-order valence-electron chi connectivity index (χ1n) is 10.0. The van der Waals surface area contributed by atoms with Gasteiger partial charge in [0, 0.05) is 26.1 Å². The predicted octanol–water partition coefficient (Wildman–Crippen LogP) is 0.966. The van der Waals surface area contributed by atoms with Crippen LogP contribution in [0.15, 0.2) is 12.8 Å². The molecule has 11 nitrogen and oxygen atoms in total. The molecule has 1 atom stereocenters. The van der Waals surface area contributed by atoms with Gasteiger partial charge in [0.25, 0.3) is 11.8 Å². The summed E-state index contributed by atoms with van der Waals surface area (Å²) in [5.74, 6) is -4.04.